The number of carbonyl (C=O) groups excluding carboxylic acids is 1. The van der Waals surface area contributed by atoms with Gasteiger partial charge in [-0.1, -0.05) is 37.3 Å². The fourth-order valence-electron chi connectivity index (χ4n) is 2.41. The normalized spacial score (nSPS) is 12.5. The van der Waals surface area contributed by atoms with E-state index in [0.29, 0.717) is 17.8 Å². The third-order valence-corrected chi connectivity index (χ3v) is 5.34. The van der Waals surface area contributed by atoms with Gasteiger partial charge >= 0.3 is 0 Å². The van der Waals surface area contributed by atoms with E-state index in [1.807, 2.05) is 12.1 Å². The van der Waals surface area contributed by atoms with Crippen LogP contribution in [0.1, 0.15) is 13.3 Å². The van der Waals surface area contributed by atoms with Crippen molar-refractivity contribution in [2.24, 2.45) is 0 Å². The molecular weight excluding hydrogens is 392 g/mol. The first-order chi connectivity index (χ1) is 11.3. The van der Waals surface area contributed by atoms with Crippen LogP contribution in [0.4, 0.5) is 11.4 Å². The van der Waals surface area contributed by atoms with Gasteiger partial charge in [-0.05, 0) is 46.6 Å². The number of benzene rings is 2. The molecule has 0 bridgehead atoms. The zero-order chi connectivity index (χ0) is 17.7. The molecule has 1 N–H and O–H groups in total. The fraction of sp³-hybridized carbons (Fsp3) is 0.235. The van der Waals surface area contributed by atoms with E-state index in [-0.39, 0.29) is 5.91 Å². The minimum Gasteiger partial charge on any atom is -0.323 e. The fourth-order valence-corrected chi connectivity index (χ4v) is 4.01. The van der Waals surface area contributed by atoms with Crippen molar-refractivity contribution in [1.82, 2.24) is 0 Å². The van der Waals surface area contributed by atoms with Crippen LogP contribution in [0.3, 0.4) is 0 Å². The van der Waals surface area contributed by atoms with E-state index in [9.17, 15) is 13.2 Å². The number of hydrogen-bond acceptors (Lipinski definition) is 3. The predicted octanol–water partition coefficient (Wildman–Crippen LogP) is 3.63. The van der Waals surface area contributed by atoms with Crippen LogP contribution in [0.5, 0.6) is 0 Å². The molecular formula is C17H19BrN2O3S. The summed E-state index contributed by atoms with van der Waals surface area (Å²) < 4.78 is 26.5. The maximum absolute atomic E-state index is 12.7. The lowest BCUT2D eigenvalue weighted by atomic mass is 10.2. The maximum atomic E-state index is 12.7. The summed E-state index contributed by atoms with van der Waals surface area (Å²) in [6.07, 6.45) is 1.45. The first kappa shape index (κ1) is 18.5. The lowest BCUT2D eigenvalue weighted by Crippen LogP contribution is -2.47. The molecule has 5 nitrogen and oxygen atoms in total. The van der Waals surface area contributed by atoms with Gasteiger partial charge in [0.1, 0.15) is 6.04 Å². The summed E-state index contributed by atoms with van der Waals surface area (Å²) in [4.78, 5) is 12.7. The molecule has 0 unspecified atom stereocenters. The van der Waals surface area contributed by atoms with Gasteiger partial charge < -0.3 is 5.32 Å². The van der Waals surface area contributed by atoms with Crippen LogP contribution in [-0.4, -0.2) is 26.6 Å². The van der Waals surface area contributed by atoms with Gasteiger partial charge in [-0.2, -0.15) is 0 Å². The Morgan fingerprint density at radius 2 is 1.71 bits per heavy atom. The molecule has 0 spiro atoms. The molecule has 0 heterocycles. The van der Waals surface area contributed by atoms with E-state index in [2.05, 4.69) is 21.2 Å². The molecule has 0 aliphatic heterocycles. The van der Waals surface area contributed by atoms with Crippen molar-refractivity contribution >= 4 is 43.2 Å². The summed E-state index contributed by atoms with van der Waals surface area (Å²) in [5, 5.41) is 2.79. The highest BCUT2D eigenvalue weighted by Gasteiger charge is 2.31. The molecule has 2 aromatic rings. The Kier molecular flexibility index (Phi) is 6.01. The van der Waals surface area contributed by atoms with E-state index >= 15 is 0 Å². The predicted molar refractivity (Wildman–Crippen MR) is 101 cm³/mol. The largest absolute Gasteiger partial charge is 0.323 e. The zero-order valence-corrected chi connectivity index (χ0v) is 15.8. The van der Waals surface area contributed by atoms with E-state index in [1.54, 1.807) is 49.4 Å². The molecule has 0 aliphatic rings. The number of para-hydroxylation sites is 2. The van der Waals surface area contributed by atoms with Crippen molar-refractivity contribution in [3.63, 3.8) is 0 Å². The van der Waals surface area contributed by atoms with E-state index < -0.39 is 16.1 Å². The monoisotopic (exact) mass is 410 g/mol. The van der Waals surface area contributed by atoms with Gasteiger partial charge in [-0.25, -0.2) is 8.42 Å². The average Bonchev–Trinajstić information content (AvgIpc) is 2.54. The minimum absolute atomic E-state index is 0.345. The number of nitrogens with zero attached hydrogens (tertiary/aromatic N) is 1. The molecule has 7 heteroatoms. The molecule has 0 aliphatic carbocycles. The molecule has 0 fully saturated rings. The topological polar surface area (TPSA) is 66.5 Å². The van der Waals surface area contributed by atoms with Crippen molar-refractivity contribution in [2.45, 2.75) is 19.4 Å². The summed E-state index contributed by atoms with van der Waals surface area (Å²) in [6.45, 7) is 1.78. The Morgan fingerprint density at radius 3 is 2.25 bits per heavy atom. The summed E-state index contributed by atoms with van der Waals surface area (Å²) >= 11 is 3.37. The summed E-state index contributed by atoms with van der Waals surface area (Å²) in [6, 6.07) is 15.0. The van der Waals surface area contributed by atoms with Crippen LogP contribution in [0.15, 0.2) is 59.1 Å². The molecule has 0 saturated heterocycles. The van der Waals surface area contributed by atoms with Crippen LogP contribution in [0.25, 0.3) is 0 Å². The van der Waals surface area contributed by atoms with Gasteiger partial charge in [-0.15, -0.1) is 0 Å². The van der Waals surface area contributed by atoms with Crippen molar-refractivity contribution in [2.75, 3.05) is 15.9 Å². The maximum Gasteiger partial charge on any atom is 0.248 e. The lowest BCUT2D eigenvalue weighted by molar-refractivity contribution is -0.117. The number of rotatable bonds is 6. The number of carbonyl (C=O) groups is 1. The van der Waals surface area contributed by atoms with Crippen LogP contribution in [-0.2, 0) is 14.8 Å². The van der Waals surface area contributed by atoms with Crippen LogP contribution < -0.4 is 9.62 Å². The molecule has 1 amide bonds. The zero-order valence-electron chi connectivity index (χ0n) is 13.4. The second-order valence-corrected chi connectivity index (χ2v) is 8.00. The lowest BCUT2D eigenvalue weighted by Gasteiger charge is -2.30. The molecule has 0 radical (unpaired) electrons. The highest BCUT2D eigenvalue weighted by atomic mass is 79.9. The third kappa shape index (κ3) is 4.36. The third-order valence-electron chi connectivity index (χ3n) is 3.47. The number of sulfonamides is 1. The standard InChI is InChI=1S/C17H19BrN2O3S/c1-3-16(17(21)19-15-12-8-7-11-14(15)18)20(24(2,22)23)13-9-5-4-6-10-13/h4-12,16H,3H2,1-2H3,(H,19,21)/t16-/m1/s1. The summed E-state index contributed by atoms with van der Waals surface area (Å²) in [5.41, 5.74) is 1.07. The second kappa shape index (κ2) is 7.81. The molecule has 0 aromatic heterocycles. The molecule has 2 aromatic carbocycles. The SMILES string of the molecule is CC[C@H](C(=O)Nc1ccccc1Br)N(c1ccccc1)S(C)(=O)=O. The van der Waals surface area contributed by atoms with Gasteiger partial charge in [0.05, 0.1) is 17.6 Å². The molecule has 0 saturated carbocycles. The van der Waals surface area contributed by atoms with Gasteiger partial charge in [-0.3, -0.25) is 9.10 Å². The number of amides is 1. The molecule has 128 valence electrons. The summed E-state index contributed by atoms with van der Waals surface area (Å²) in [5.74, 6) is -0.376. The van der Waals surface area contributed by atoms with E-state index in [0.717, 1.165) is 10.7 Å². The second-order valence-electron chi connectivity index (χ2n) is 5.29. The Morgan fingerprint density at radius 1 is 1.12 bits per heavy atom. The van der Waals surface area contributed by atoms with Crippen molar-refractivity contribution in [3.05, 3.63) is 59.1 Å². The van der Waals surface area contributed by atoms with Gasteiger partial charge in [0.25, 0.3) is 0 Å². The first-order valence-electron chi connectivity index (χ1n) is 7.44. The summed E-state index contributed by atoms with van der Waals surface area (Å²) in [7, 11) is -3.62. The molecule has 1 atom stereocenters. The van der Waals surface area contributed by atoms with Crippen LogP contribution in [0.2, 0.25) is 0 Å². The Labute approximate surface area is 150 Å². The van der Waals surface area contributed by atoms with Crippen molar-refractivity contribution in [1.29, 1.82) is 0 Å². The molecule has 24 heavy (non-hydrogen) atoms. The smallest absolute Gasteiger partial charge is 0.248 e. The Balaban J connectivity index is 2.36. The van der Waals surface area contributed by atoms with Crippen LogP contribution in [0, 0.1) is 0 Å². The average molecular weight is 411 g/mol. The van der Waals surface area contributed by atoms with Crippen molar-refractivity contribution in [3.8, 4) is 0 Å². The highest BCUT2D eigenvalue weighted by Crippen LogP contribution is 2.25. The van der Waals surface area contributed by atoms with Gasteiger partial charge in [0.2, 0.25) is 15.9 Å². The highest BCUT2D eigenvalue weighted by molar-refractivity contribution is 9.10. The quantitative estimate of drug-likeness (QED) is 0.790. The number of anilines is 2. The van der Waals surface area contributed by atoms with E-state index in [4.69, 9.17) is 0 Å². The van der Waals surface area contributed by atoms with Gasteiger partial charge in [0, 0.05) is 4.47 Å². The number of halogens is 1. The van der Waals surface area contributed by atoms with Crippen LogP contribution >= 0.6 is 15.9 Å². The Hall–Kier alpha value is -1.86. The van der Waals surface area contributed by atoms with Gasteiger partial charge in [0.15, 0.2) is 0 Å². The molecule has 2 rings (SSSR count). The number of nitrogens with one attached hydrogen (secondary N) is 1. The van der Waals surface area contributed by atoms with E-state index in [1.165, 1.54) is 4.31 Å². The number of hydrogen-bond donors (Lipinski definition) is 1. The first-order valence-corrected chi connectivity index (χ1v) is 10.1. The minimum atomic E-state index is -3.62. The van der Waals surface area contributed by atoms with Crippen molar-refractivity contribution < 1.29 is 13.2 Å². The Bertz CT molecular complexity index is 810.